The van der Waals surface area contributed by atoms with E-state index in [-0.39, 0.29) is 24.4 Å². The molecule has 1 aliphatic rings. The number of carbonyl (C=O) groups excluding carboxylic acids is 1. The average molecular weight is 341 g/mol. The average Bonchev–Trinajstić information content (AvgIpc) is 3.09. The Balaban J connectivity index is 1.49. The lowest BCUT2D eigenvalue weighted by Gasteiger charge is -2.17. The lowest BCUT2D eigenvalue weighted by molar-refractivity contribution is -0.132. The number of pyridine rings is 1. The maximum absolute atomic E-state index is 12.8. The van der Waals surface area contributed by atoms with Gasteiger partial charge in [-0.15, -0.1) is 0 Å². The summed E-state index contributed by atoms with van der Waals surface area (Å²) in [5.41, 5.74) is 0.476. The lowest BCUT2D eigenvalue weighted by Crippen LogP contribution is -2.34. The Kier molecular flexibility index (Phi) is 5.09. The number of aromatic nitrogens is 1. The number of amides is 1. The fourth-order valence-electron chi connectivity index (χ4n) is 2.53. The summed E-state index contributed by atoms with van der Waals surface area (Å²) >= 11 is 0. The van der Waals surface area contributed by atoms with Crippen LogP contribution in [0.2, 0.25) is 0 Å². The normalized spacial score (nSPS) is 16.3. The molecular weight excluding hydrogens is 325 g/mol. The standard InChI is InChI=1S/C18H16FN3O3/c19-14-1-3-15(4-2-14)24-12-18(23)22-8-6-16(11-22)25-17-9-13(10-20)5-7-21-17/h1-5,7,9,16H,6,8,11-12H2. The first-order valence-corrected chi connectivity index (χ1v) is 7.83. The molecule has 3 rings (SSSR count). The molecule has 0 bridgehead atoms. The van der Waals surface area contributed by atoms with Crippen LogP contribution in [0.25, 0.3) is 0 Å². The highest BCUT2D eigenvalue weighted by atomic mass is 19.1. The van der Waals surface area contributed by atoms with E-state index in [0.29, 0.717) is 36.7 Å². The van der Waals surface area contributed by atoms with Crippen molar-refractivity contribution in [2.45, 2.75) is 12.5 Å². The second kappa shape index (κ2) is 7.62. The third-order valence-electron chi connectivity index (χ3n) is 3.83. The second-order valence-corrected chi connectivity index (χ2v) is 5.61. The Morgan fingerprint density at radius 3 is 2.92 bits per heavy atom. The Morgan fingerprint density at radius 2 is 2.16 bits per heavy atom. The van der Waals surface area contributed by atoms with Crippen molar-refractivity contribution in [3.63, 3.8) is 0 Å². The Hall–Kier alpha value is -3.14. The first-order chi connectivity index (χ1) is 12.1. The maximum Gasteiger partial charge on any atom is 0.260 e. The van der Waals surface area contributed by atoms with Crippen LogP contribution in [0.5, 0.6) is 11.6 Å². The minimum absolute atomic E-state index is 0.111. The van der Waals surface area contributed by atoms with Gasteiger partial charge in [-0.1, -0.05) is 0 Å². The molecule has 0 spiro atoms. The quantitative estimate of drug-likeness (QED) is 0.833. The van der Waals surface area contributed by atoms with Crippen LogP contribution in [0.1, 0.15) is 12.0 Å². The molecule has 0 aliphatic carbocycles. The van der Waals surface area contributed by atoms with Crippen molar-refractivity contribution >= 4 is 5.91 Å². The Morgan fingerprint density at radius 1 is 1.36 bits per heavy atom. The summed E-state index contributed by atoms with van der Waals surface area (Å²) in [7, 11) is 0. The number of carbonyl (C=O) groups is 1. The van der Waals surface area contributed by atoms with Crippen LogP contribution in [-0.4, -0.2) is 41.6 Å². The van der Waals surface area contributed by atoms with Crippen molar-refractivity contribution in [3.05, 3.63) is 54.0 Å². The van der Waals surface area contributed by atoms with E-state index >= 15 is 0 Å². The lowest BCUT2D eigenvalue weighted by atomic mass is 10.3. The summed E-state index contributed by atoms with van der Waals surface area (Å²) in [5.74, 6) is 0.307. The highest BCUT2D eigenvalue weighted by Crippen LogP contribution is 2.18. The topological polar surface area (TPSA) is 75.5 Å². The second-order valence-electron chi connectivity index (χ2n) is 5.61. The summed E-state index contributed by atoms with van der Waals surface area (Å²) in [6.07, 6.45) is 2.03. The molecule has 6 nitrogen and oxygen atoms in total. The van der Waals surface area contributed by atoms with Gasteiger partial charge in [-0.25, -0.2) is 9.37 Å². The maximum atomic E-state index is 12.8. The number of rotatable bonds is 5. The predicted octanol–water partition coefficient (Wildman–Crippen LogP) is 2.15. The molecule has 2 aromatic rings. The fourth-order valence-corrected chi connectivity index (χ4v) is 2.53. The molecule has 1 aliphatic heterocycles. The van der Waals surface area contributed by atoms with Crippen molar-refractivity contribution in [1.82, 2.24) is 9.88 Å². The van der Waals surface area contributed by atoms with E-state index in [0.717, 1.165) is 0 Å². The number of hydrogen-bond acceptors (Lipinski definition) is 5. The summed E-state index contributed by atoms with van der Waals surface area (Å²) in [6.45, 7) is 0.888. The third kappa shape index (κ3) is 4.44. The molecule has 25 heavy (non-hydrogen) atoms. The van der Waals surface area contributed by atoms with Crippen LogP contribution in [-0.2, 0) is 4.79 Å². The zero-order valence-corrected chi connectivity index (χ0v) is 13.4. The smallest absolute Gasteiger partial charge is 0.260 e. The molecule has 1 unspecified atom stereocenters. The number of benzene rings is 1. The molecule has 128 valence electrons. The molecule has 1 amide bonds. The van der Waals surface area contributed by atoms with Gasteiger partial charge in [-0.3, -0.25) is 4.79 Å². The summed E-state index contributed by atoms with van der Waals surface area (Å²) in [5, 5.41) is 8.89. The molecule has 0 saturated carbocycles. The van der Waals surface area contributed by atoms with Crippen LogP contribution < -0.4 is 9.47 Å². The van der Waals surface area contributed by atoms with Gasteiger partial charge in [0.05, 0.1) is 18.2 Å². The van der Waals surface area contributed by atoms with Crippen LogP contribution in [0.15, 0.2) is 42.6 Å². The largest absolute Gasteiger partial charge is 0.484 e. The van der Waals surface area contributed by atoms with Crippen molar-refractivity contribution < 1.29 is 18.7 Å². The monoisotopic (exact) mass is 341 g/mol. The van der Waals surface area contributed by atoms with E-state index in [1.165, 1.54) is 30.5 Å². The highest BCUT2D eigenvalue weighted by Gasteiger charge is 2.28. The van der Waals surface area contributed by atoms with Gasteiger partial charge in [-0.05, 0) is 30.3 Å². The first kappa shape index (κ1) is 16.7. The van der Waals surface area contributed by atoms with Crippen LogP contribution >= 0.6 is 0 Å². The van der Waals surface area contributed by atoms with Gasteiger partial charge in [0.1, 0.15) is 17.7 Å². The fraction of sp³-hybridized carbons (Fsp3) is 0.278. The molecule has 1 atom stereocenters. The highest BCUT2D eigenvalue weighted by molar-refractivity contribution is 5.78. The molecule has 2 heterocycles. The predicted molar refractivity (Wildman–Crippen MR) is 86.5 cm³/mol. The first-order valence-electron chi connectivity index (χ1n) is 7.83. The number of halogens is 1. The van der Waals surface area contributed by atoms with Crippen LogP contribution in [0, 0.1) is 17.1 Å². The number of nitrogens with zero attached hydrogens (tertiary/aromatic N) is 3. The SMILES string of the molecule is N#Cc1ccnc(OC2CCN(C(=O)COc3ccc(F)cc3)C2)c1. The van der Waals surface area contributed by atoms with Crippen LogP contribution in [0.4, 0.5) is 4.39 Å². The van der Waals surface area contributed by atoms with Crippen molar-refractivity contribution in [2.24, 2.45) is 0 Å². The van der Waals surface area contributed by atoms with Gasteiger partial charge in [0.25, 0.3) is 5.91 Å². The number of nitriles is 1. The summed E-state index contributed by atoms with van der Waals surface area (Å²) in [6, 6.07) is 10.7. The van der Waals surface area contributed by atoms with Gasteiger partial charge in [0, 0.05) is 25.2 Å². The molecule has 1 saturated heterocycles. The zero-order chi connectivity index (χ0) is 17.6. The van der Waals surface area contributed by atoms with Gasteiger partial charge >= 0.3 is 0 Å². The zero-order valence-electron chi connectivity index (χ0n) is 13.4. The number of ether oxygens (including phenoxy) is 2. The van der Waals surface area contributed by atoms with E-state index in [1.807, 2.05) is 6.07 Å². The molecule has 1 aromatic heterocycles. The van der Waals surface area contributed by atoms with Crippen LogP contribution in [0.3, 0.4) is 0 Å². The number of hydrogen-bond donors (Lipinski definition) is 0. The van der Waals surface area contributed by atoms with Crippen molar-refractivity contribution in [3.8, 4) is 17.7 Å². The van der Waals surface area contributed by atoms with Gasteiger partial charge in [0.2, 0.25) is 5.88 Å². The molecule has 0 N–H and O–H groups in total. The van der Waals surface area contributed by atoms with Crippen molar-refractivity contribution in [2.75, 3.05) is 19.7 Å². The van der Waals surface area contributed by atoms with E-state index in [4.69, 9.17) is 14.7 Å². The molecular formula is C18H16FN3O3. The van der Waals surface area contributed by atoms with E-state index in [1.54, 1.807) is 17.0 Å². The minimum atomic E-state index is -0.354. The number of likely N-dealkylation sites (tertiary alicyclic amines) is 1. The minimum Gasteiger partial charge on any atom is -0.484 e. The van der Waals surface area contributed by atoms with E-state index < -0.39 is 0 Å². The van der Waals surface area contributed by atoms with Gasteiger partial charge in [-0.2, -0.15) is 5.26 Å². The Labute approximate surface area is 144 Å². The Bertz CT molecular complexity index is 789. The van der Waals surface area contributed by atoms with Crippen molar-refractivity contribution in [1.29, 1.82) is 5.26 Å². The van der Waals surface area contributed by atoms with E-state index in [2.05, 4.69) is 4.98 Å². The molecule has 0 radical (unpaired) electrons. The summed E-state index contributed by atoms with van der Waals surface area (Å²) < 4.78 is 23.9. The third-order valence-corrected chi connectivity index (χ3v) is 3.83. The summed E-state index contributed by atoms with van der Waals surface area (Å²) in [4.78, 5) is 17.9. The van der Waals surface area contributed by atoms with Gasteiger partial charge < -0.3 is 14.4 Å². The molecule has 7 heteroatoms. The molecule has 1 aromatic carbocycles. The van der Waals surface area contributed by atoms with Gasteiger partial charge in [0.15, 0.2) is 6.61 Å². The molecule has 1 fully saturated rings. The van der Waals surface area contributed by atoms with E-state index in [9.17, 15) is 9.18 Å².